The van der Waals surface area contributed by atoms with Gasteiger partial charge in [-0.1, -0.05) is 64.1 Å². The Kier molecular flexibility index (Phi) is 3.17. The quantitative estimate of drug-likeness (QED) is 0.371. The lowest BCUT2D eigenvalue weighted by Crippen LogP contribution is -2.38. The molecule has 3 aromatic carbocycles. The third-order valence-electron chi connectivity index (χ3n) is 6.51. The number of anilines is 3. The number of nitro benzene ring substituents is 1. The minimum Gasteiger partial charge on any atom is -0.309 e. The van der Waals surface area contributed by atoms with Gasteiger partial charge in [0.05, 0.1) is 22.0 Å². The lowest BCUT2D eigenvalue weighted by atomic mass is 9.66. The van der Waals surface area contributed by atoms with E-state index in [1.165, 1.54) is 11.1 Å². The number of benzene rings is 3. The van der Waals surface area contributed by atoms with E-state index < -0.39 is 0 Å². The number of nitro groups is 1. The molecule has 0 N–H and O–H groups in total. The molecular formula is C24H22N2O2. The van der Waals surface area contributed by atoms with Gasteiger partial charge in [0.15, 0.2) is 0 Å². The van der Waals surface area contributed by atoms with Crippen LogP contribution in [0.25, 0.3) is 0 Å². The molecule has 2 heterocycles. The van der Waals surface area contributed by atoms with Gasteiger partial charge in [-0.3, -0.25) is 10.1 Å². The van der Waals surface area contributed by atoms with E-state index in [-0.39, 0.29) is 21.4 Å². The largest absolute Gasteiger partial charge is 0.309 e. The van der Waals surface area contributed by atoms with E-state index in [1.54, 1.807) is 12.1 Å². The maximum Gasteiger partial charge on any atom is 0.270 e. The highest BCUT2D eigenvalue weighted by atomic mass is 16.6. The van der Waals surface area contributed by atoms with Gasteiger partial charge < -0.3 is 4.90 Å². The second-order valence-electron chi connectivity index (χ2n) is 8.77. The first kappa shape index (κ1) is 17.0. The van der Waals surface area contributed by atoms with Crippen LogP contribution in [0.4, 0.5) is 22.7 Å². The van der Waals surface area contributed by atoms with Crippen LogP contribution in [0.15, 0.2) is 60.7 Å². The van der Waals surface area contributed by atoms with E-state index in [0.717, 1.165) is 28.2 Å². The highest BCUT2D eigenvalue weighted by molar-refractivity contribution is 5.93. The molecule has 0 spiro atoms. The standard InChI is InChI=1S/C24H22N2O2/c1-23(2)16-9-5-7-11-20(16)25-21-12-8-6-10-17(21)24(3,4)19-14-15(26(27)28)13-18(23)22(19)25/h5-14H,1-4H3. The zero-order chi connectivity index (χ0) is 19.8. The molecule has 0 aliphatic carbocycles. The molecule has 2 aliphatic rings. The van der Waals surface area contributed by atoms with Crippen molar-refractivity contribution in [3.8, 4) is 0 Å². The van der Waals surface area contributed by atoms with Gasteiger partial charge >= 0.3 is 0 Å². The van der Waals surface area contributed by atoms with Crippen molar-refractivity contribution in [3.05, 3.63) is 93.0 Å². The van der Waals surface area contributed by atoms with Crippen LogP contribution in [0.1, 0.15) is 49.9 Å². The summed E-state index contributed by atoms with van der Waals surface area (Å²) < 4.78 is 0. The summed E-state index contributed by atoms with van der Waals surface area (Å²) in [6.45, 7) is 8.65. The molecule has 0 saturated carbocycles. The molecule has 5 rings (SSSR count). The molecule has 0 unspecified atom stereocenters. The molecule has 0 fully saturated rings. The Morgan fingerprint density at radius 2 is 1.18 bits per heavy atom. The number of para-hydroxylation sites is 2. The monoisotopic (exact) mass is 370 g/mol. The maximum absolute atomic E-state index is 11.8. The van der Waals surface area contributed by atoms with E-state index in [9.17, 15) is 10.1 Å². The first-order valence-corrected chi connectivity index (χ1v) is 9.57. The Morgan fingerprint density at radius 1 is 0.750 bits per heavy atom. The van der Waals surface area contributed by atoms with Crippen LogP contribution in [0.2, 0.25) is 0 Å². The van der Waals surface area contributed by atoms with Gasteiger partial charge in [-0.15, -0.1) is 0 Å². The Hall–Kier alpha value is -3.14. The van der Waals surface area contributed by atoms with Gasteiger partial charge in [-0.25, -0.2) is 0 Å². The minimum absolute atomic E-state index is 0.161. The molecular weight excluding hydrogens is 348 g/mol. The van der Waals surface area contributed by atoms with Crippen LogP contribution in [0, 0.1) is 10.1 Å². The number of hydrogen-bond acceptors (Lipinski definition) is 3. The summed E-state index contributed by atoms with van der Waals surface area (Å²) in [5.74, 6) is 0. The molecule has 0 saturated heterocycles. The van der Waals surface area contributed by atoms with Crippen molar-refractivity contribution in [2.24, 2.45) is 0 Å². The second-order valence-corrected chi connectivity index (χ2v) is 8.77. The normalized spacial score (nSPS) is 17.4. The van der Waals surface area contributed by atoms with E-state index >= 15 is 0 Å². The molecule has 0 atom stereocenters. The number of hydrogen-bond donors (Lipinski definition) is 0. The predicted molar refractivity (Wildman–Crippen MR) is 112 cm³/mol. The van der Waals surface area contributed by atoms with Gasteiger partial charge in [0.1, 0.15) is 0 Å². The Labute approximate surface area is 164 Å². The summed E-state index contributed by atoms with van der Waals surface area (Å²) in [6.07, 6.45) is 0. The fraction of sp³-hybridized carbons (Fsp3) is 0.250. The summed E-state index contributed by atoms with van der Waals surface area (Å²) >= 11 is 0. The Morgan fingerprint density at radius 3 is 1.61 bits per heavy atom. The molecule has 0 bridgehead atoms. The Balaban J connectivity index is 1.98. The van der Waals surface area contributed by atoms with Crippen LogP contribution in [0.3, 0.4) is 0 Å². The van der Waals surface area contributed by atoms with Crippen LogP contribution < -0.4 is 4.90 Å². The molecule has 28 heavy (non-hydrogen) atoms. The summed E-state index contributed by atoms with van der Waals surface area (Å²) in [7, 11) is 0. The lowest BCUT2D eigenvalue weighted by molar-refractivity contribution is -0.385. The van der Waals surface area contributed by atoms with Gasteiger partial charge in [-0.2, -0.15) is 0 Å². The average molecular weight is 370 g/mol. The van der Waals surface area contributed by atoms with Crippen LogP contribution in [-0.4, -0.2) is 4.92 Å². The first-order valence-electron chi connectivity index (χ1n) is 9.57. The minimum atomic E-state index is -0.328. The predicted octanol–water partition coefficient (Wildman–Crippen LogP) is 6.34. The lowest BCUT2D eigenvalue weighted by Gasteiger charge is -2.49. The highest BCUT2D eigenvalue weighted by Crippen LogP contribution is 2.60. The molecule has 4 heteroatoms. The number of fused-ring (bicyclic) bond motifs is 4. The van der Waals surface area contributed by atoms with Crippen LogP contribution in [0.5, 0.6) is 0 Å². The van der Waals surface area contributed by atoms with Gasteiger partial charge in [0.2, 0.25) is 0 Å². The van der Waals surface area contributed by atoms with Crippen molar-refractivity contribution >= 4 is 22.7 Å². The SMILES string of the molecule is CC1(C)c2ccccc2N2c3ccccc3C(C)(C)c3cc([N+](=O)[O-])cc1c32. The molecule has 0 aromatic heterocycles. The Bertz CT molecular complexity index is 1080. The number of nitrogens with zero attached hydrogens (tertiary/aromatic N) is 2. The van der Waals surface area contributed by atoms with E-state index in [2.05, 4.69) is 69.0 Å². The summed E-state index contributed by atoms with van der Waals surface area (Å²) in [6, 6.07) is 20.3. The highest BCUT2D eigenvalue weighted by Gasteiger charge is 2.46. The topological polar surface area (TPSA) is 46.4 Å². The fourth-order valence-corrected chi connectivity index (χ4v) is 4.97. The third-order valence-corrected chi connectivity index (χ3v) is 6.51. The molecule has 3 aromatic rings. The summed E-state index contributed by atoms with van der Waals surface area (Å²) in [4.78, 5) is 13.8. The van der Waals surface area contributed by atoms with Gasteiger partial charge in [-0.05, 0) is 34.4 Å². The van der Waals surface area contributed by atoms with Crippen molar-refractivity contribution in [2.75, 3.05) is 4.90 Å². The second kappa shape index (κ2) is 5.22. The van der Waals surface area contributed by atoms with E-state index in [1.807, 2.05) is 12.1 Å². The number of non-ortho nitro benzene ring substituents is 1. The summed E-state index contributed by atoms with van der Waals surface area (Å²) in [5, 5.41) is 11.8. The van der Waals surface area contributed by atoms with Crippen molar-refractivity contribution in [1.29, 1.82) is 0 Å². The zero-order valence-corrected chi connectivity index (χ0v) is 16.5. The van der Waals surface area contributed by atoms with Crippen LogP contribution in [-0.2, 0) is 10.8 Å². The van der Waals surface area contributed by atoms with E-state index in [0.29, 0.717) is 0 Å². The molecule has 0 amide bonds. The molecule has 0 radical (unpaired) electrons. The van der Waals surface area contributed by atoms with E-state index in [4.69, 9.17) is 0 Å². The van der Waals surface area contributed by atoms with Crippen molar-refractivity contribution in [2.45, 2.75) is 38.5 Å². The van der Waals surface area contributed by atoms with Crippen molar-refractivity contribution in [3.63, 3.8) is 0 Å². The molecule has 4 nitrogen and oxygen atoms in total. The average Bonchev–Trinajstić information content (AvgIpc) is 2.67. The number of rotatable bonds is 1. The molecule has 2 aliphatic heterocycles. The fourth-order valence-electron chi connectivity index (χ4n) is 4.97. The van der Waals surface area contributed by atoms with Gasteiger partial charge in [0, 0.05) is 23.0 Å². The first-order chi connectivity index (χ1) is 13.2. The smallest absolute Gasteiger partial charge is 0.270 e. The van der Waals surface area contributed by atoms with Gasteiger partial charge in [0.25, 0.3) is 5.69 Å². The van der Waals surface area contributed by atoms with Crippen molar-refractivity contribution in [1.82, 2.24) is 0 Å². The molecule has 140 valence electrons. The van der Waals surface area contributed by atoms with Crippen molar-refractivity contribution < 1.29 is 4.92 Å². The van der Waals surface area contributed by atoms with Crippen LogP contribution >= 0.6 is 0 Å². The zero-order valence-electron chi connectivity index (χ0n) is 16.5. The maximum atomic E-state index is 11.8. The summed E-state index contributed by atoms with van der Waals surface area (Å²) in [5.41, 5.74) is 7.29. The third kappa shape index (κ3) is 1.95.